The summed E-state index contributed by atoms with van der Waals surface area (Å²) < 4.78 is 0. The van der Waals surface area contributed by atoms with E-state index in [4.69, 9.17) is 10.8 Å². The number of rotatable bonds is 2. The van der Waals surface area contributed by atoms with Crippen LogP contribution in [0.1, 0.15) is 21.5 Å². The second kappa shape index (κ2) is 4.53. The molecule has 0 aliphatic rings. The smallest absolute Gasteiger partial charge is 0.335 e. The van der Waals surface area contributed by atoms with Crippen LogP contribution in [-0.4, -0.2) is 11.1 Å². The molecule has 3 heteroatoms. The largest absolute Gasteiger partial charge is 0.478 e. The molecule has 3 N–H and O–H groups in total. The lowest BCUT2D eigenvalue weighted by Crippen LogP contribution is -1.98. The number of hydrogen-bond acceptors (Lipinski definition) is 2. The van der Waals surface area contributed by atoms with E-state index >= 15 is 0 Å². The van der Waals surface area contributed by atoms with Crippen LogP contribution in [-0.2, 0) is 0 Å². The highest BCUT2D eigenvalue weighted by atomic mass is 16.4. The van der Waals surface area contributed by atoms with Crippen molar-refractivity contribution >= 4 is 11.7 Å². The summed E-state index contributed by atoms with van der Waals surface area (Å²) in [6, 6.07) is 10.7. The average molecular weight is 241 g/mol. The summed E-state index contributed by atoms with van der Waals surface area (Å²) in [5.41, 5.74) is 11.2. The van der Waals surface area contributed by atoms with Gasteiger partial charge in [-0.05, 0) is 42.7 Å². The van der Waals surface area contributed by atoms with Crippen LogP contribution in [0.3, 0.4) is 0 Å². The molecule has 0 bridgehead atoms. The number of aromatic carboxylic acids is 1. The molecule has 0 saturated heterocycles. The van der Waals surface area contributed by atoms with Crippen LogP contribution >= 0.6 is 0 Å². The van der Waals surface area contributed by atoms with E-state index in [2.05, 4.69) is 0 Å². The lowest BCUT2D eigenvalue weighted by Gasteiger charge is -2.11. The molecule has 3 nitrogen and oxygen atoms in total. The van der Waals surface area contributed by atoms with E-state index < -0.39 is 5.97 Å². The van der Waals surface area contributed by atoms with E-state index in [-0.39, 0.29) is 5.56 Å². The van der Waals surface area contributed by atoms with Crippen molar-refractivity contribution in [3.63, 3.8) is 0 Å². The zero-order valence-electron chi connectivity index (χ0n) is 10.4. The Morgan fingerprint density at radius 3 is 2.22 bits per heavy atom. The Balaban J connectivity index is 2.49. The molecule has 0 radical (unpaired) electrons. The molecule has 0 atom stereocenters. The molecule has 0 spiro atoms. The standard InChI is InChI=1S/C15H15NO2/c1-9-3-8-13(14(16)10(9)2)11-4-6-12(7-5-11)15(17)18/h3-8H,16H2,1-2H3,(H,17,18). The van der Waals surface area contributed by atoms with Gasteiger partial charge in [-0.3, -0.25) is 0 Å². The topological polar surface area (TPSA) is 63.3 Å². The van der Waals surface area contributed by atoms with Gasteiger partial charge in [0.1, 0.15) is 0 Å². The molecule has 0 unspecified atom stereocenters. The molecule has 0 saturated carbocycles. The molecule has 2 aromatic carbocycles. The van der Waals surface area contributed by atoms with E-state index in [1.54, 1.807) is 24.3 Å². The third-order valence-corrected chi connectivity index (χ3v) is 3.23. The number of hydrogen-bond donors (Lipinski definition) is 2. The fourth-order valence-corrected chi connectivity index (χ4v) is 1.88. The minimum Gasteiger partial charge on any atom is -0.478 e. The average Bonchev–Trinajstić information content (AvgIpc) is 2.36. The number of nitrogen functional groups attached to an aromatic ring is 1. The first-order valence-corrected chi connectivity index (χ1v) is 5.70. The van der Waals surface area contributed by atoms with Gasteiger partial charge in [0.15, 0.2) is 0 Å². The number of nitrogens with two attached hydrogens (primary N) is 1. The van der Waals surface area contributed by atoms with Gasteiger partial charge in [0.2, 0.25) is 0 Å². The quantitative estimate of drug-likeness (QED) is 0.793. The van der Waals surface area contributed by atoms with Gasteiger partial charge in [-0.1, -0.05) is 24.3 Å². The van der Waals surface area contributed by atoms with Gasteiger partial charge in [-0.2, -0.15) is 0 Å². The summed E-state index contributed by atoms with van der Waals surface area (Å²) in [4.78, 5) is 10.8. The van der Waals surface area contributed by atoms with Crippen LogP contribution in [0.5, 0.6) is 0 Å². The lowest BCUT2D eigenvalue weighted by molar-refractivity contribution is 0.0697. The number of carbonyl (C=O) groups is 1. The summed E-state index contributed by atoms with van der Waals surface area (Å²) in [6.07, 6.45) is 0. The van der Waals surface area contributed by atoms with Crippen LogP contribution in [0.15, 0.2) is 36.4 Å². The molecular formula is C15H15NO2. The molecular weight excluding hydrogens is 226 g/mol. The summed E-state index contributed by atoms with van der Waals surface area (Å²) in [7, 11) is 0. The first-order chi connectivity index (χ1) is 8.50. The minimum atomic E-state index is -0.922. The maximum atomic E-state index is 10.8. The first kappa shape index (κ1) is 12.2. The molecule has 0 heterocycles. The second-order valence-corrected chi connectivity index (χ2v) is 4.35. The first-order valence-electron chi connectivity index (χ1n) is 5.70. The molecule has 0 aliphatic heterocycles. The fraction of sp³-hybridized carbons (Fsp3) is 0.133. The molecule has 0 amide bonds. The minimum absolute atomic E-state index is 0.279. The van der Waals surface area contributed by atoms with Gasteiger partial charge in [-0.15, -0.1) is 0 Å². The zero-order chi connectivity index (χ0) is 13.3. The number of carboxylic acid groups (broad SMARTS) is 1. The normalized spacial score (nSPS) is 10.3. The Bertz CT molecular complexity index is 601. The van der Waals surface area contributed by atoms with Crippen LogP contribution in [0, 0.1) is 13.8 Å². The van der Waals surface area contributed by atoms with Crippen LogP contribution in [0.25, 0.3) is 11.1 Å². The fourth-order valence-electron chi connectivity index (χ4n) is 1.88. The van der Waals surface area contributed by atoms with Gasteiger partial charge in [0, 0.05) is 11.3 Å². The summed E-state index contributed by atoms with van der Waals surface area (Å²) in [5.74, 6) is -0.922. The Morgan fingerprint density at radius 2 is 1.67 bits per heavy atom. The Morgan fingerprint density at radius 1 is 1.06 bits per heavy atom. The van der Waals surface area contributed by atoms with Crippen LogP contribution < -0.4 is 5.73 Å². The summed E-state index contributed by atoms with van der Waals surface area (Å²) in [6.45, 7) is 4.00. The van der Waals surface area contributed by atoms with E-state index in [1.807, 2.05) is 26.0 Å². The van der Waals surface area contributed by atoms with Crippen molar-refractivity contribution in [3.8, 4) is 11.1 Å². The second-order valence-electron chi connectivity index (χ2n) is 4.35. The van der Waals surface area contributed by atoms with Crippen LogP contribution in [0.4, 0.5) is 5.69 Å². The van der Waals surface area contributed by atoms with Gasteiger partial charge in [0.05, 0.1) is 5.56 Å². The van der Waals surface area contributed by atoms with Crippen molar-refractivity contribution < 1.29 is 9.90 Å². The predicted molar refractivity (Wildman–Crippen MR) is 72.7 cm³/mol. The lowest BCUT2D eigenvalue weighted by atomic mass is 9.97. The van der Waals surface area contributed by atoms with Gasteiger partial charge < -0.3 is 10.8 Å². The number of anilines is 1. The Labute approximate surface area is 106 Å². The summed E-state index contributed by atoms with van der Waals surface area (Å²) >= 11 is 0. The predicted octanol–water partition coefficient (Wildman–Crippen LogP) is 3.25. The maximum absolute atomic E-state index is 10.8. The number of carboxylic acids is 1. The summed E-state index contributed by atoms with van der Waals surface area (Å²) in [5, 5.41) is 8.86. The van der Waals surface area contributed by atoms with Crippen LogP contribution in [0.2, 0.25) is 0 Å². The van der Waals surface area contributed by atoms with Gasteiger partial charge >= 0.3 is 5.97 Å². The SMILES string of the molecule is Cc1ccc(-c2ccc(C(=O)O)cc2)c(N)c1C. The van der Waals surface area contributed by atoms with Gasteiger partial charge in [0.25, 0.3) is 0 Å². The Kier molecular flexibility index (Phi) is 3.06. The third kappa shape index (κ3) is 2.07. The molecule has 0 aliphatic carbocycles. The van der Waals surface area contributed by atoms with Crippen molar-refractivity contribution in [1.82, 2.24) is 0 Å². The van der Waals surface area contributed by atoms with Crippen molar-refractivity contribution in [1.29, 1.82) is 0 Å². The van der Waals surface area contributed by atoms with Gasteiger partial charge in [-0.25, -0.2) is 4.79 Å². The third-order valence-electron chi connectivity index (χ3n) is 3.23. The van der Waals surface area contributed by atoms with E-state index in [0.717, 1.165) is 27.9 Å². The monoisotopic (exact) mass is 241 g/mol. The zero-order valence-corrected chi connectivity index (χ0v) is 10.4. The molecule has 2 rings (SSSR count). The van der Waals surface area contributed by atoms with Crippen molar-refractivity contribution in [2.75, 3.05) is 5.73 Å². The molecule has 0 aromatic heterocycles. The highest BCUT2D eigenvalue weighted by Crippen LogP contribution is 2.30. The number of benzene rings is 2. The van der Waals surface area contributed by atoms with Crippen molar-refractivity contribution in [2.45, 2.75) is 13.8 Å². The van der Waals surface area contributed by atoms with E-state index in [1.165, 1.54) is 0 Å². The highest BCUT2D eigenvalue weighted by Gasteiger charge is 2.08. The molecule has 92 valence electrons. The molecule has 18 heavy (non-hydrogen) atoms. The Hall–Kier alpha value is -2.29. The number of aryl methyl sites for hydroxylation is 1. The van der Waals surface area contributed by atoms with E-state index in [9.17, 15) is 4.79 Å². The van der Waals surface area contributed by atoms with E-state index in [0.29, 0.717) is 0 Å². The van der Waals surface area contributed by atoms with Crippen molar-refractivity contribution in [3.05, 3.63) is 53.1 Å². The molecule has 2 aromatic rings. The molecule has 0 fully saturated rings. The maximum Gasteiger partial charge on any atom is 0.335 e. The van der Waals surface area contributed by atoms with Crippen molar-refractivity contribution in [2.24, 2.45) is 0 Å². The highest BCUT2D eigenvalue weighted by molar-refractivity contribution is 5.89.